The Labute approximate surface area is 83.7 Å². The van der Waals surface area contributed by atoms with Gasteiger partial charge in [0.25, 0.3) is 0 Å². The van der Waals surface area contributed by atoms with E-state index in [2.05, 4.69) is 17.4 Å². The van der Waals surface area contributed by atoms with Crippen molar-refractivity contribution in [3.8, 4) is 0 Å². The first-order valence-corrected chi connectivity index (χ1v) is 4.94. The van der Waals surface area contributed by atoms with E-state index in [1.54, 1.807) is 0 Å². The molecule has 1 atom stereocenters. The van der Waals surface area contributed by atoms with Gasteiger partial charge in [-0.2, -0.15) is 0 Å². The summed E-state index contributed by atoms with van der Waals surface area (Å²) in [5.74, 6) is 0. The van der Waals surface area contributed by atoms with Crippen molar-refractivity contribution in [3.05, 3.63) is 29.8 Å². The summed E-state index contributed by atoms with van der Waals surface area (Å²) in [7, 11) is 0. The van der Waals surface area contributed by atoms with Crippen LogP contribution in [-0.4, -0.2) is 31.0 Å². The maximum Gasteiger partial charge on any atom is 0.0789 e. The number of hydrogen-bond acceptors (Lipinski definition) is 3. The molecule has 0 bridgehead atoms. The summed E-state index contributed by atoms with van der Waals surface area (Å²) in [4.78, 5) is 0. The van der Waals surface area contributed by atoms with Crippen molar-refractivity contribution in [2.75, 3.05) is 25.1 Å². The molecule has 0 spiro atoms. The Morgan fingerprint density at radius 3 is 3.14 bits per heavy atom. The van der Waals surface area contributed by atoms with Crippen LogP contribution in [0.5, 0.6) is 0 Å². The Hall–Kier alpha value is -1.06. The summed E-state index contributed by atoms with van der Waals surface area (Å²) in [6, 6.07) is 8.25. The number of aliphatic hydroxyl groups is 1. The monoisotopic (exact) mass is 193 g/mol. The highest BCUT2D eigenvalue weighted by Gasteiger charge is 2.17. The molecule has 1 heterocycles. The number of fused-ring (bicyclic) bond motifs is 1. The Bertz CT molecular complexity index is 301. The van der Waals surface area contributed by atoms with Gasteiger partial charge in [0.05, 0.1) is 19.3 Å². The molecule has 0 radical (unpaired) electrons. The summed E-state index contributed by atoms with van der Waals surface area (Å²) in [6.45, 7) is 1.35. The smallest absolute Gasteiger partial charge is 0.0789 e. The van der Waals surface area contributed by atoms with E-state index in [1.165, 1.54) is 11.3 Å². The third-order valence-electron chi connectivity index (χ3n) is 2.43. The molecule has 0 saturated carbocycles. The summed E-state index contributed by atoms with van der Waals surface area (Å²) in [5, 5.41) is 12.0. The first-order valence-electron chi connectivity index (χ1n) is 4.94. The molecule has 1 aliphatic heterocycles. The van der Waals surface area contributed by atoms with Crippen LogP contribution >= 0.6 is 0 Å². The maximum atomic E-state index is 8.65. The van der Waals surface area contributed by atoms with Crippen LogP contribution in [0, 0.1) is 0 Å². The fourth-order valence-electron chi connectivity index (χ4n) is 1.75. The van der Waals surface area contributed by atoms with Crippen molar-refractivity contribution < 1.29 is 9.84 Å². The van der Waals surface area contributed by atoms with Gasteiger partial charge >= 0.3 is 0 Å². The third-order valence-corrected chi connectivity index (χ3v) is 2.43. The van der Waals surface area contributed by atoms with Crippen LogP contribution in [0.1, 0.15) is 5.56 Å². The molecule has 0 aliphatic carbocycles. The lowest BCUT2D eigenvalue weighted by atomic mass is 10.0. The fraction of sp³-hybridized carbons (Fsp3) is 0.455. The largest absolute Gasteiger partial charge is 0.394 e. The number of hydrogen-bond donors (Lipinski definition) is 2. The lowest BCUT2D eigenvalue weighted by Crippen LogP contribution is -2.31. The van der Waals surface area contributed by atoms with Crippen LogP contribution in [0.4, 0.5) is 5.69 Å². The lowest BCUT2D eigenvalue weighted by Gasteiger charge is -2.25. The topological polar surface area (TPSA) is 41.5 Å². The van der Waals surface area contributed by atoms with Gasteiger partial charge in [-0.25, -0.2) is 0 Å². The number of anilines is 1. The minimum absolute atomic E-state index is 0.0954. The molecule has 0 fully saturated rings. The molecular weight excluding hydrogens is 178 g/mol. The molecule has 1 aromatic rings. The van der Waals surface area contributed by atoms with Crippen LogP contribution in [0.3, 0.4) is 0 Å². The normalized spacial score (nSPS) is 19.9. The Morgan fingerprint density at radius 2 is 2.29 bits per heavy atom. The predicted octanol–water partition coefficient (Wildman–Crippen LogP) is 1.03. The van der Waals surface area contributed by atoms with Crippen molar-refractivity contribution in [1.82, 2.24) is 0 Å². The van der Waals surface area contributed by atoms with Crippen LogP contribution in [-0.2, 0) is 11.2 Å². The number of para-hydroxylation sites is 1. The lowest BCUT2D eigenvalue weighted by molar-refractivity contribution is 0.0348. The van der Waals surface area contributed by atoms with Crippen molar-refractivity contribution in [2.45, 2.75) is 12.5 Å². The van der Waals surface area contributed by atoms with Gasteiger partial charge in [-0.05, 0) is 11.6 Å². The number of aliphatic hydroxyl groups excluding tert-OH is 1. The standard InChI is InChI=1S/C11H15NO2/c13-5-6-14-10-7-9-3-1-2-4-11(9)12-8-10/h1-4,10,12-13H,5-8H2. The van der Waals surface area contributed by atoms with Crippen molar-refractivity contribution >= 4 is 5.69 Å². The third kappa shape index (κ3) is 2.05. The van der Waals surface area contributed by atoms with Crippen molar-refractivity contribution in [1.29, 1.82) is 0 Å². The van der Waals surface area contributed by atoms with E-state index in [-0.39, 0.29) is 12.7 Å². The fourth-order valence-corrected chi connectivity index (χ4v) is 1.75. The van der Waals surface area contributed by atoms with E-state index in [9.17, 15) is 0 Å². The Balaban J connectivity index is 1.99. The van der Waals surface area contributed by atoms with Crippen LogP contribution in [0.2, 0.25) is 0 Å². The molecule has 3 nitrogen and oxygen atoms in total. The van der Waals surface area contributed by atoms with Crippen molar-refractivity contribution in [3.63, 3.8) is 0 Å². The molecule has 1 aliphatic rings. The summed E-state index contributed by atoms with van der Waals surface area (Å²) in [6.07, 6.45) is 1.13. The zero-order valence-electron chi connectivity index (χ0n) is 8.07. The molecule has 2 rings (SSSR count). The van der Waals surface area contributed by atoms with Crippen molar-refractivity contribution in [2.24, 2.45) is 0 Å². The molecule has 2 N–H and O–H groups in total. The molecule has 0 saturated heterocycles. The highest BCUT2D eigenvalue weighted by atomic mass is 16.5. The quantitative estimate of drug-likeness (QED) is 0.753. The van der Waals surface area contributed by atoms with Crippen LogP contribution in [0.15, 0.2) is 24.3 Å². The van der Waals surface area contributed by atoms with Gasteiger partial charge in [0.15, 0.2) is 0 Å². The average Bonchev–Trinajstić information content (AvgIpc) is 2.26. The number of nitrogens with one attached hydrogen (secondary N) is 1. The molecule has 3 heteroatoms. The van der Waals surface area contributed by atoms with Gasteiger partial charge in [0.2, 0.25) is 0 Å². The highest BCUT2D eigenvalue weighted by molar-refractivity contribution is 5.53. The second-order valence-corrected chi connectivity index (χ2v) is 3.46. The summed E-state index contributed by atoms with van der Waals surface area (Å²) < 4.78 is 5.48. The molecule has 14 heavy (non-hydrogen) atoms. The van der Waals surface area contributed by atoms with Gasteiger partial charge in [-0.3, -0.25) is 0 Å². The zero-order valence-corrected chi connectivity index (χ0v) is 8.07. The molecule has 0 amide bonds. The van der Waals surface area contributed by atoms with Gasteiger partial charge in [-0.1, -0.05) is 18.2 Å². The minimum atomic E-state index is 0.0954. The summed E-state index contributed by atoms with van der Waals surface area (Å²) >= 11 is 0. The number of rotatable bonds is 3. The van der Waals surface area contributed by atoms with E-state index >= 15 is 0 Å². The van der Waals surface area contributed by atoms with Crippen LogP contribution < -0.4 is 5.32 Å². The predicted molar refractivity (Wildman–Crippen MR) is 55.5 cm³/mol. The van der Waals surface area contributed by atoms with E-state index in [1.807, 2.05) is 12.1 Å². The number of ether oxygens (including phenoxy) is 1. The van der Waals surface area contributed by atoms with Gasteiger partial charge in [-0.15, -0.1) is 0 Å². The van der Waals surface area contributed by atoms with Crippen LogP contribution in [0.25, 0.3) is 0 Å². The van der Waals surface area contributed by atoms with Gasteiger partial charge < -0.3 is 15.2 Å². The average molecular weight is 193 g/mol. The first-order chi connectivity index (χ1) is 6.90. The maximum absolute atomic E-state index is 8.65. The van der Waals surface area contributed by atoms with E-state index in [0.717, 1.165) is 13.0 Å². The molecule has 76 valence electrons. The van der Waals surface area contributed by atoms with Gasteiger partial charge in [0, 0.05) is 18.7 Å². The second-order valence-electron chi connectivity index (χ2n) is 3.46. The first kappa shape index (κ1) is 9.49. The molecule has 0 aromatic heterocycles. The number of benzene rings is 1. The molecular formula is C11H15NO2. The highest BCUT2D eigenvalue weighted by Crippen LogP contribution is 2.22. The second kappa shape index (κ2) is 4.44. The zero-order chi connectivity index (χ0) is 9.80. The molecule has 1 aromatic carbocycles. The van der Waals surface area contributed by atoms with Gasteiger partial charge in [0.1, 0.15) is 0 Å². The SMILES string of the molecule is OCCOC1CNc2ccccc2C1. The molecule has 1 unspecified atom stereocenters. The van der Waals surface area contributed by atoms with E-state index < -0.39 is 0 Å². The Morgan fingerprint density at radius 1 is 1.43 bits per heavy atom. The minimum Gasteiger partial charge on any atom is -0.394 e. The Kier molecular flexibility index (Phi) is 3.01. The van der Waals surface area contributed by atoms with E-state index in [4.69, 9.17) is 9.84 Å². The summed E-state index contributed by atoms with van der Waals surface area (Å²) in [5.41, 5.74) is 2.50. The van der Waals surface area contributed by atoms with E-state index in [0.29, 0.717) is 6.61 Å².